The van der Waals surface area contributed by atoms with E-state index in [1.54, 1.807) is 54.2 Å². The highest BCUT2D eigenvalue weighted by Crippen LogP contribution is 2.20. The number of hydrogen-bond acceptors (Lipinski definition) is 5. The van der Waals surface area contributed by atoms with Crippen molar-refractivity contribution in [2.24, 2.45) is 0 Å². The van der Waals surface area contributed by atoms with E-state index in [-0.39, 0.29) is 0 Å². The maximum Gasteiger partial charge on any atom is 0.175 e. The topological polar surface area (TPSA) is 67.2 Å². The molecule has 0 aliphatic rings. The SMILES string of the molecule is CS(=O)(=O)c1ccc(SCCOc2cccc(C#N)c2)cc1. The molecular weight excluding hydrogens is 318 g/mol. The van der Waals surface area contributed by atoms with Crippen molar-refractivity contribution < 1.29 is 13.2 Å². The van der Waals surface area contributed by atoms with Crippen LogP contribution in [0.15, 0.2) is 58.3 Å². The summed E-state index contributed by atoms with van der Waals surface area (Å²) >= 11 is 1.58. The van der Waals surface area contributed by atoms with Crippen LogP contribution in [0.25, 0.3) is 0 Å². The van der Waals surface area contributed by atoms with Crippen molar-refractivity contribution in [3.63, 3.8) is 0 Å². The van der Waals surface area contributed by atoms with Gasteiger partial charge in [0.15, 0.2) is 9.84 Å². The minimum absolute atomic E-state index is 0.321. The molecule has 0 unspecified atom stereocenters. The number of nitrogens with zero attached hydrogens (tertiary/aromatic N) is 1. The van der Waals surface area contributed by atoms with Crippen LogP contribution in [-0.2, 0) is 9.84 Å². The van der Waals surface area contributed by atoms with Crippen molar-refractivity contribution in [3.8, 4) is 11.8 Å². The van der Waals surface area contributed by atoms with Crippen LogP contribution < -0.4 is 4.74 Å². The van der Waals surface area contributed by atoms with Crippen LogP contribution in [0.5, 0.6) is 5.75 Å². The highest BCUT2D eigenvalue weighted by atomic mass is 32.2. The molecule has 0 aromatic heterocycles. The molecule has 4 nitrogen and oxygen atoms in total. The minimum atomic E-state index is -3.15. The van der Waals surface area contributed by atoms with E-state index in [1.165, 1.54) is 6.26 Å². The van der Waals surface area contributed by atoms with Crippen LogP contribution in [-0.4, -0.2) is 27.0 Å². The molecule has 0 aliphatic heterocycles. The number of benzene rings is 2. The molecule has 0 atom stereocenters. The van der Waals surface area contributed by atoms with Crippen LogP contribution in [0, 0.1) is 11.3 Å². The lowest BCUT2D eigenvalue weighted by molar-refractivity contribution is 0.344. The summed E-state index contributed by atoms with van der Waals surface area (Å²) < 4.78 is 28.3. The van der Waals surface area contributed by atoms with Crippen LogP contribution in [0.4, 0.5) is 0 Å². The van der Waals surface area contributed by atoms with E-state index in [4.69, 9.17) is 10.00 Å². The number of sulfone groups is 1. The summed E-state index contributed by atoms with van der Waals surface area (Å²) in [5.41, 5.74) is 0.571. The molecule has 6 heteroatoms. The largest absolute Gasteiger partial charge is 0.493 e. The molecule has 0 aliphatic carbocycles. The van der Waals surface area contributed by atoms with Crippen molar-refractivity contribution >= 4 is 21.6 Å². The molecule has 0 radical (unpaired) electrons. The van der Waals surface area contributed by atoms with E-state index in [0.717, 1.165) is 10.6 Å². The first-order valence-corrected chi connectivity index (χ1v) is 9.42. The first-order valence-electron chi connectivity index (χ1n) is 6.55. The Kier molecular flexibility index (Phi) is 5.47. The van der Waals surface area contributed by atoms with Gasteiger partial charge in [0, 0.05) is 16.9 Å². The highest BCUT2D eigenvalue weighted by Gasteiger charge is 2.06. The molecule has 2 rings (SSSR count). The van der Waals surface area contributed by atoms with E-state index in [2.05, 4.69) is 6.07 Å². The predicted octanol–water partition coefficient (Wildman–Crippen LogP) is 3.13. The van der Waals surface area contributed by atoms with E-state index >= 15 is 0 Å². The zero-order chi connectivity index (χ0) is 16.0. The molecule has 0 amide bonds. The standard InChI is InChI=1S/C16H15NO3S2/c1-22(18,19)16-7-5-15(6-8-16)21-10-9-20-14-4-2-3-13(11-14)12-17/h2-8,11H,9-10H2,1H3. The van der Waals surface area contributed by atoms with Crippen LogP contribution in [0.2, 0.25) is 0 Å². The van der Waals surface area contributed by atoms with Gasteiger partial charge in [-0.15, -0.1) is 11.8 Å². The number of nitriles is 1. The number of thioether (sulfide) groups is 1. The van der Waals surface area contributed by atoms with E-state index in [0.29, 0.717) is 22.8 Å². The monoisotopic (exact) mass is 333 g/mol. The maximum atomic E-state index is 11.4. The average Bonchev–Trinajstić information content (AvgIpc) is 2.51. The van der Waals surface area contributed by atoms with Crippen LogP contribution >= 0.6 is 11.8 Å². The fourth-order valence-corrected chi connectivity index (χ4v) is 3.12. The van der Waals surface area contributed by atoms with E-state index in [1.807, 2.05) is 6.07 Å². The van der Waals surface area contributed by atoms with E-state index in [9.17, 15) is 8.42 Å². The lowest BCUT2D eigenvalue weighted by Gasteiger charge is -2.06. The molecule has 0 saturated carbocycles. The minimum Gasteiger partial charge on any atom is -0.493 e. The Morgan fingerprint density at radius 2 is 1.91 bits per heavy atom. The Labute approximate surface area is 134 Å². The Morgan fingerprint density at radius 1 is 1.18 bits per heavy atom. The summed E-state index contributed by atoms with van der Waals surface area (Å²) in [5, 5.41) is 8.81. The summed E-state index contributed by atoms with van der Waals surface area (Å²) in [5.74, 6) is 1.40. The first kappa shape index (κ1) is 16.4. The first-order chi connectivity index (χ1) is 10.5. The number of rotatable bonds is 6. The molecule has 0 saturated heterocycles. The fourth-order valence-electron chi connectivity index (χ4n) is 1.76. The fraction of sp³-hybridized carbons (Fsp3) is 0.188. The van der Waals surface area contributed by atoms with Crippen molar-refractivity contribution in [1.29, 1.82) is 5.26 Å². The summed E-state index contributed by atoms with van der Waals surface area (Å²) in [6.07, 6.45) is 1.19. The molecule has 2 aromatic rings. The van der Waals surface area contributed by atoms with Crippen molar-refractivity contribution in [2.75, 3.05) is 18.6 Å². The number of hydrogen-bond donors (Lipinski definition) is 0. The van der Waals surface area contributed by atoms with Gasteiger partial charge < -0.3 is 4.74 Å². The van der Waals surface area contributed by atoms with Gasteiger partial charge in [0.05, 0.1) is 23.1 Å². The summed E-state index contributed by atoms with van der Waals surface area (Å²) in [6, 6.07) is 15.9. The summed E-state index contributed by atoms with van der Waals surface area (Å²) in [7, 11) is -3.15. The zero-order valence-corrected chi connectivity index (χ0v) is 13.7. The third-order valence-corrected chi connectivity index (χ3v) is 4.94. The maximum absolute atomic E-state index is 11.4. The van der Waals surface area contributed by atoms with Crippen molar-refractivity contribution in [3.05, 3.63) is 54.1 Å². The second kappa shape index (κ2) is 7.34. The van der Waals surface area contributed by atoms with Gasteiger partial charge in [0.1, 0.15) is 5.75 Å². The van der Waals surface area contributed by atoms with Gasteiger partial charge in [0.25, 0.3) is 0 Å². The second-order valence-electron chi connectivity index (χ2n) is 4.58. The molecule has 2 aromatic carbocycles. The van der Waals surface area contributed by atoms with Gasteiger partial charge in [-0.2, -0.15) is 5.26 Å². The van der Waals surface area contributed by atoms with E-state index < -0.39 is 9.84 Å². The predicted molar refractivity (Wildman–Crippen MR) is 86.9 cm³/mol. The van der Waals surface area contributed by atoms with Gasteiger partial charge in [-0.3, -0.25) is 0 Å². The Hall–Kier alpha value is -1.97. The van der Waals surface area contributed by atoms with Crippen molar-refractivity contribution in [2.45, 2.75) is 9.79 Å². The second-order valence-corrected chi connectivity index (χ2v) is 7.76. The average molecular weight is 333 g/mol. The third kappa shape index (κ3) is 4.79. The molecule has 114 valence electrons. The Morgan fingerprint density at radius 3 is 2.55 bits per heavy atom. The molecule has 0 bridgehead atoms. The lowest BCUT2D eigenvalue weighted by atomic mass is 10.2. The zero-order valence-electron chi connectivity index (χ0n) is 12.0. The third-order valence-electron chi connectivity index (χ3n) is 2.84. The van der Waals surface area contributed by atoms with Crippen molar-refractivity contribution in [1.82, 2.24) is 0 Å². The molecule has 0 N–H and O–H groups in total. The molecular formula is C16H15NO3S2. The molecule has 0 spiro atoms. The molecule has 0 heterocycles. The lowest BCUT2D eigenvalue weighted by Crippen LogP contribution is -2.00. The highest BCUT2D eigenvalue weighted by molar-refractivity contribution is 7.99. The Bertz CT molecular complexity index is 778. The summed E-state index contributed by atoms with van der Waals surface area (Å²) in [4.78, 5) is 1.31. The van der Waals surface area contributed by atoms with Gasteiger partial charge in [-0.1, -0.05) is 6.07 Å². The smallest absolute Gasteiger partial charge is 0.175 e. The molecule has 0 fully saturated rings. The van der Waals surface area contributed by atoms with Gasteiger partial charge in [0.2, 0.25) is 0 Å². The van der Waals surface area contributed by atoms with Crippen LogP contribution in [0.1, 0.15) is 5.56 Å². The Balaban J connectivity index is 1.83. The van der Waals surface area contributed by atoms with Gasteiger partial charge >= 0.3 is 0 Å². The van der Waals surface area contributed by atoms with Gasteiger partial charge in [-0.05, 0) is 42.5 Å². The summed E-state index contributed by atoms with van der Waals surface area (Å²) in [6.45, 7) is 0.507. The number of ether oxygens (including phenoxy) is 1. The normalized spacial score (nSPS) is 10.9. The molecule has 22 heavy (non-hydrogen) atoms. The van der Waals surface area contributed by atoms with Crippen LogP contribution in [0.3, 0.4) is 0 Å². The van der Waals surface area contributed by atoms with Gasteiger partial charge in [-0.25, -0.2) is 8.42 Å². The quantitative estimate of drug-likeness (QED) is 0.600.